The van der Waals surface area contributed by atoms with Crippen molar-refractivity contribution in [3.05, 3.63) is 65.2 Å². The first-order valence-electron chi connectivity index (χ1n) is 6.42. The summed E-state index contributed by atoms with van der Waals surface area (Å²) in [7, 11) is 0. The number of alkyl halides is 3. The van der Waals surface area contributed by atoms with Crippen molar-refractivity contribution >= 4 is 17.6 Å². The molecule has 0 aromatic heterocycles. The van der Waals surface area contributed by atoms with Gasteiger partial charge >= 0.3 is 12.2 Å². The molecule has 2 rings (SSSR count). The number of rotatable bonds is 2. The highest BCUT2D eigenvalue weighted by atomic mass is 19.4. The van der Waals surface area contributed by atoms with Gasteiger partial charge in [-0.2, -0.15) is 13.2 Å². The van der Waals surface area contributed by atoms with Gasteiger partial charge < -0.3 is 5.32 Å². The second kappa shape index (κ2) is 6.65. The zero-order valence-electron chi connectivity index (χ0n) is 11.7. The lowest BCUT2D eigenvalue weighted by molar-refractivity contribution is -0.137. The summed E-state index contributed by atoms with van der Waals surface area (Å²) in [4.78, 5) is 23.3. The van der Waals surface area contributed by atoms with Crippen molar-refractivity contribution in [1.29, 1.82) is 0 Å². The molecule has 0 heterocycles. The number of hydrogen-bond acceptors (Lipinski definition) is 2. The quantitative estimate of drug-likeness (QED) is 0.811. The van der Waals surface area contributed by atoms with Crippen LogP contribution in [0.1, 0.15) is 15.9 Å². The molecule has 0 spiro atoms. The van der Waals surface area contributed by atoms with Crippen LogP contribution in [-0.2, 0) is 6.18 Å². The molecular weight excluding hydrogens is 335 g/mol. The Bertz CT molecular complexity index is 769. The number of halogens is 5. The van der Waals surface area contributed by atoms with Gasteiger partial charge in [0.1, 0.15) is 17.2 Å². The van der Waals surface area contributed by atoms with Gasteiger partial charge in [0.2, 0.25) is 0 Å². The van der Waals surface area contributed by atoms with E-state index in [0.717, 1.165) is 36.4 Å². The van der Waals surface area contributed by atoms with Gasteiger partial charge in [-0.15, -0.1) is 0 Å². The predicted octanol–water partition coefficient (Wildman–Crippen LogP) is 3.95. The third-order valence-corrected chi connectivity index (χ3v) is 2.86. The molecule has 24 heavy (non-hydrogen) atoms. The normalized spacial score (nSPS) is 11.0. The number of nitrogens with one attached hydrogen (secondary N) is 2. The lowest BCUT2D eigenvalue weighted by atomic mass is 10.2. The summed E-state index contributed by atoms with van der Waals surface area (Å²) in [5, 5.41) is 3.61. The molecule has 9 heteroatoms. The number of urea groups is 1. The summed E-state index contributed by atoms with van der Waals surface area (Å²) in [6.07, 6.45) is -4.61. The summed E-state index contributed by atoms with van der Waals surface area (Å²) in [6.45, 7) is 0. The van der Waals surface area contributed by atoms with E-state index in [2.05, 4.69) is 0 Å². The van der Waals surface area contributed by atoms with E-state index in [9.17, 15) is 31.5 Å². The van der Waals surface area contributed by atoms with Gasteiger partial charge in [-0.05, 0) is 30.3 Å². The Kier molecular flexibility index (Phi) is 4.82. The fourth-order valence-corrected chi connectivity index (χ4v) is 1.82. The molecule has 0 saturated heterocycles. The number of anilines is 1. The Balaban J connectivity index is 2.10. The zero-order chi connectivity index (χ0) is 17.9. The minimum atomic E-state index is -4.61. The summed E-state index contributed by atoms with van der Waals surface area (Å²) in [6, 6.07) is 5.09. The standard InChI is InChI=1S/C15H9F5N2O2/c16-10-5-2-6-11(17)12(10)13(23)22-14(24)21-9-4-1-3-8(7-9)15(18,19)20/h1-7H,(H2,21,22,23,24). The molecule has 0 unspecified atom stereocenters. The maximum absolute atomic E-state index is 13.4. The van der Waals surface area contributed by atoms with Crippen molar-refractivity contribution in [2.45, 2.75) is 6.18 Å². The maximum Gasteiger partial charge on any atom is 0.416 e. The number of carbonyl (C=O) groups excluding carboxylic acids is 2. The van der Waals surface area contributed by atoms with E-state index >= 15 is 0 Å². The molecule has 0 aliphatic carbocycles. The topological polar surface area (TPSA) is 58.2 Å². The van der Waals surface area contributed by atoms with E-state index in [-0.39, 0.29) is 5.69 Å². The molecular formula is C15H9F5N2O2. The van der Waals surface area contributed by atoms with Gasteiger partial charge in [0, 0.05) is 5.69 Å². The highest BCUT2D eigenvalue weighted by Gasteiger charge is 2.30. The first kappa shape index (κ1) is 17.4. The number of amides is 3. The molecule has 0 saturated carbocycles. The van der Waals surface area contributed by atoms with Crippen LogP contribution in [0.5, 0.6) is 0 Å². The largest absolute Gasteiger partial charge is 0.416 e. The highest BCUT2D eigenvalue weighted by molar-refractivity contribution is 6.08. The van der Waals surface area contributed by atoms with Crippen LogP contribution >= 0.6 is 0 Å². The number of imide groups is 1. The Morgan fingerprint density at radius 3 is 2.08 bits per heavy atom. The average molecular weight is 344 g/mol. The monoisotopic (exact) mass is 344 g/mol. The van der Waals surface area contributed by atoms with Gasteiger partial charge in [0.05, 0.1) is 5.56 Å². The highest BCUT2D eigenvalue weighted by Crippen LogP contribution is 2.30. The molecule has 2 aromatic carbocycles. The second-order valence-corrected chi connectivity index (χ2v) is 4.58. The van der Waals surface area contributed by atoms with Crippen LogP contribution in [0.2, 0.25) is 0 Å². The molecule has 2 N–H and O–H groups in total. The van der Waals surface area contributed by atoms with E-state index in [0.29, 0.717) is 6.07 Å². The van der Waals surface area contributed by atoms with Crippen LogP contribution in [0.3, 0.4) is 0 Å². The molecule has 0 atom stereocenters. The Hall–Kier alpha value is -2.97. The Morgan fingerprint density at radius 1 is 0.917 bits per heavy atom. The average Bonchev–Trinajstić information content (AvgIpc) is 2.46. The van der Waals surface area contributed by atoms with E-state index < -0.39 is 40.9 Å². The minimum Gasteiger partial charge on any atom is -0.308 e. The van der Waals surface area contributed by atoms with Gasteiger partial charge in [-0.3, -0.25) is 10.1 Å². The third kappa shape index (κ3) is 4.06. The summed E-state index contributed by atoms with van der Waals surface area (Å²) < 4.78 is 64.5. The van der Waals surface area contributed by atoms with Crippen LogP contribution in [0, 0.1) is 11.6 Å². The van der Waals surface area contributed by atoms with Gasteiger partial charge in [0.15, 0.2) is 0 Å². The van der Waals surface area contributed by atoms with E-state index in [1.54, 1.807) is 5.32 Å². The number of hydrogen-bond donors (Lipinski definition) is 2. The zero-order valence-corrected chi connectivity index (χ0v) is 11.7. The summed E-state index contributed by atoms with van der Waals surface area (Å²) in [5.74, 6) is -3.73. The van der Waals surface area contributed by atoms with Crippen LogP contribution in [0.4, 0.5) is 32.4 Å². The summed E-state index contributed by atoms with van der Waals surface area (Å²) >= 11 is 0. The van der Waals surface area contributed by atoms with Gasteiger partial charge in [-0.25, -0.2) is 13.6 Å². The lowest BCUT2D eigenvalue weighted by Crippen LogP contribution is -2.35. The van der Waals surface area contributed by atoms with E-state index in [1.807, 2.05) is 5.32 Å². The van der Waals surface area contributed by atoms with Crippen molar-refractivity contribution in [3.63, 3.8) is 0 Å². The van der Waals surface area contributed by atoms with Crippen LogP contribution in [0.15, 0.2) is 42.5 Å². The van der Waals surface area contributed by atoms with E-state index in [4.69, 9.17) is 0 Å². The fraction of sp³-hybridized carbons (Fsp3) is 0.0667. The van der Waals surface area contributed by atoms with Crippen molar-refractivity contribution in [2.75, 3.05) is 5.32 Å². The Labute approximate surface area is 132 Å². The number of benzene rings is 2. The fourth-order valence-electron chi connectivity index (χ4n) is 1.82. The molecule has 0 fully saturated rings. The van der Waals surface area contributed by atoms with Crippen LogP contribution in [-0.4, -0.2) is 11.9 Å². The second-order valence-electron chi connectivity index (χ2n) is 4.58. The molecule has 0 bridgehead atoms. The Morgan fingerprint density at radius 2 is 1.50 bits per heavy atom. The first-order valence-corrected chi connectivity index (χ1v) is 6.42. The molecule has 0 radical (unpaired) electrons. The first-order chi connectivity index (χ1) is 11.2. The third-order valence-electron chi connectivity index (χ3n) is 2.86. The molecule has 0 aliphatic heterocycles. The molecule has 0 aliphatic rings. The smallest absolute Gasteiger partial charge is 0.308 e. The molecule has 4 nitrogen and oxygen atoms in total. The predicted molar refractivity (Wildman–Crippen MR) is 74.3 cm³/mol. The SMILES string of the molecule is O=C(NC(=O)c1c(F)cccc1F)Nc1cccc(C(F)(F)F)c1. The maximum atomic E-state index is 13.4. The lowest BCUT2D eigenvalue weighted by Gasteiger charge is -2.10. The van der Waals surface area contributed by atoms with Crippen molar-refractivity contribution in [1.82, 2.24) is 5.32 Å². The van der Waals surface area contributed by atoms with Gasteiger partial charge in [0.25, 0.3) is 5.91 Å². The molecule has 2 aromatic rings. The number of carbonyl (C=O) groups is 2. The molecule has 3 amide bonds. The van der Waals surface area contributed by atoms with Crippen molar-refractivity contribution in [3.8, 4) is 0 Å². The van der Waals surface area contributed by atoms with Crippen LogP contribution < -0.4 is 10.6 Å². The summed E-state index contributed by atoms with van der Waals surface area (Å²) in [5.41, 5.74) is -2.23. The van der Waals surface area contributed by atoms with Crippen molar-refractivity contribution < 1.29 is 31.5 Å². The van der Waals surface area contributed by atoms with E-state index in [1.165, 1.54) is 0 Å². The van der Waals surface area contributed by atoms with Gasteiger partial charge in [-0.1, -0.05) is 12.1 Å². The van der Waals surface area contributed by atoms with Crippen molar-refractivity contribution in [2.24, 2.45) is 0 Å². The minimum absolute atomic E-state index is 0.246. The van der Waals surface area contributed by atoms with Crippen LogP contribution in [0.25, 0.3) is 0 Å². The molecule has 126 valence electrons.